The van der Waals surface area contributed by atoms with E-state index in [9.17, 15) is 14.0 Å². The first kappa shape index (κ1) is 15.9. The van der Waals surface area contributed by atoms with E-state index < -0.39 is 24.2 Å². The molecule has 0 bridgehead atoms. The Morgan fingerprint density at radius 3 is 2.53 bits per heavy atom. The zero-order chi connectivity index (χ0) is 14.7. The molecule has 0 radical (unpaired) electrons. The zero-order valence-corrected chi connectivity index (χ0v) is 12.6. The summed E-state index contributed by atoms with van der Waals surface area (Å²) in [5, 5.41) is 8.97. The molecule has 0 spiro atoms. The second kappa shape index (κ2) is 6.34. The number of carboxylic acid groups (broad SMARTS) is 1. The number of carbonyl (C=O) groups is 2. The number of carbonyl (C=O) groups excluding carboxylic acids is 1. The van der Waals surface area contributed by atoms with Crippen LogP contribution in [0.15, 0.2) is 16.6 Å². The maximum atomic E-state index is 13.9. The monoisotopic (exact) mass is 351 g/mol. The van der Waals surface area contributed by atoms with E-state index >= 15 is 0 Å². The Bertz CT molecular complexity index is 522. The Kier molecular flexibility index (Phi) is 5.31. The van der Waals surface area contributed by atoms with Crippen molar-refractivity contribution in [3.05, 3.63) is 33.0 Å². The molecule has 1 aromatic carbocycles. The Hall–Kier alpha value is -1.14. The average molecular weight is 353 g/mol. The maximum absolute atomic E-state index is 13.9. The van der Waals surface area contributed by atoms with E-state index in [4.69, 9.17) is 16.7 Å². The molecule has 1 aromatic rings. The third-order valence-corrected chi connectivity index (χ3v) is 3.21. The highest BCUT2D eigenvalue weighted by Crippen LogP contribution is 2.25. The van der Waals surface area contributed by atoms with Gasteiger partial charge in [0, 0.05) is 11.1 Å². The first-order chi connectivity index (χ1) is 8.73. The van der Waals surface area contributed by atoms with Crippen molar-refractivity contribution in [2.75, 3.05) is 6.54 Å². The SMILES string of the molecule is CC(C)N(CC(=O)O)C(=O)c1cc(Cl)cc(Br)c1F. The Labute approximate surface area is 123 Å². The lowest BCUT2D eigenvalue weighted by Gasteiger charge is -2.25. The van der Waals surface area contributed by atoms with E-state index in [0.29, 0.717) is 0 Å². The molecule has 0 saturated heterocycles. The summed E-state index contributed by atoms with van der Waals surface area (Å²) in [5.74, 6) is -2.63. The van der Waals surface area contributed by atoms with Gasteiger partial charge in [-0.25, -0.2) is 4.39 Å². The van der Waals surface area contributed by atoms with Crippen molar-refractivity contribution in [3.8, 4) is 0 Å². The number of halogens is 3. The maximum Gasteiger partial charge on any atom is 0.323 e. The Morgan fingerprint density at radius 1 is 1.47 bits per heavy atom. The van der Waals surface area contributed by atoms with E-state index in [1.807, 2.05) is 0 Å². The summed E-state index contributed by atoms with van der Waals surface area (Å²) >= 11 is 8.73. The number of rotatable bonds is 4. The molecule has 0 atom stereocenters. The van der Waals surface area contributed by atoms with Crippen LogP contribution in [0.1, 0.15) is 24.2 Å². The van der Waals surface area contributed by atoms with Gasteiger partial charge in [-0.15, -0.1) is 0 Å². The average Bonchev–Trinajstić information content (AvgIpc) is 2.29. The molecule has 1 rings (SSSR count). The van der Waals surface area contributed by atoms with Gasteiger partial charge in [0.05, 0.1) is 10.0 Å². The molecular weight excluding hydrogens is 340 g/mol. The quantitative estimate of drug-likeness (QED) is 0.847. The van der Waals surface area contributed by atoms with Gasteiger partial charge >= 0.3 is 5.97 Å². The fourth-order valence-corrected chi connectivity index (χ4v) is 2.31. The number of aliphatic carboxylic acids is 1. The van der Waals surface area contributed by atoms with Gasteiger partial charge in [0.15, 0.2) is 0 Å². The van der Waals surface area contributed by atoms with Crippen LogP contribution in [-0.4, -0.2) is 34.5 Å². The van der Waals surface area contributed by atoms with Crippen LogP contribution in [0.2, 0.25) is 5.02 Å². The fraction of sp³-hybridized carbons (Fsp3) is 0.333. The van der Waals surface area contributed by atoms with Crippen LogP contribution in [0.4, 0.5) is 4.39 Å². The van der Waals surface area contributed by atoms with Crippen molar-refractivity contribution < 1.29 is 19.1 Å². The van der Waals surface area contributed by atoms with Gasteiger partial charge in [-0.2, -0.15) is 0 Å². The molecule has 104 valence electrons. The normalized spacial score (nSPS) is 10.6. The van der Waals surface area contributed by atoms with Crippen molar-refractivity contribution >= 4 is 39.4 Å². The van der Waals surface area contributed by atoms with Crippen LogP contribution in [-0.2, 0) is 4.79 Å². The van der Waals surface area contributed by atoms with Crippen molar-refractivity contribution in [3.63, 3.8) is 0 Å². The number of hydrogen-bond donors (Lipinski definition) is 1. The minimum atomic E-state index is -1.16. The highest BCUT2D eigenvalue weighted by atomic mass is 79.9. The molecule has 0 aliphatic rings. The highest BCUT2D eigenvalue weighted by molar-refractivity contribution is 9.10. The van der Waals surface area contributed by atoms with Gasteiger partial charge in [-0.3, -0.25) is 9.59 Å². The largest absolute Gasteiger partial charge is 0.480 e. The summed E-state index contributed by atoms with van der Waals surface area (Å²) in [6.07, 6.45) is 0. The first-order valence-corrected chi connectivity index (χ1v) is 6.58. The molecule has 0 aliphatic carbocycles. The van der Waals surface area contributed by atoms with E-state index in [0.717, 1.165) is 4.90 Å². The second-order valence-electron chi connectivity index (χ2n) is 4.17. The lowest BCUT2D eigenvalue weighted by Crippen LogP contribution is -2.41. The number of nitrogens with zero attached hydrogens (tertiary/aromatic N) is 1. The number of amides is 1. The summed E-state index contributed by atoms with van der Waals surface area (Å²) in [4.78, 5) is 24.0. The van der Waals surface area contributed by atoms with E-state index in [1.54, 1.807) is 13.8 Å². The molecule has 1 amide bonds. The van der Waals surface area contributed by atoms with Crippen molar-refractivity contribution in [1.29, 1.82) is 0 Å². The minimum absolute atomic E-state index is 0.0578. The van der Waals surface area contributed by atoms with Gasteiger partial charge in [-0.05, 0) is 41.9 Å². The molecule has 0 aliphatic heterocycles. The van der Waals surface area contributed by atoms with E-state index in [-0.39, 0.29) is 21.1 Å². The van der Waals surface area contributed by atoms with Gasteiger partial charge in [0.1, 0.15) is 12.4 Å². The standard InChI is InChI=1S/C12H12BrClFNO3/c1-6(2)16(5-10(17)18)12(19)8-3-7(14)4-9(13)11(8)15/h3-4,6H,5H2,1-2H3,(H,17,18). The first-order valence-electron chi connectivity index (χ1n) is 5.41. The highest BCUT2D eigenvalue weighted by Gasteiger charge is 2.25. The van der Waals surface area contributed by atoms with Crippen molar-refractivity contribution in [1.82, 2.24) is 4.90 Å². The van der Waals surface area contributed by atoms with Gasteiger partial charge in [-0.1, -0.05) is 11.6 Å². The summed E-state index contributed by atoms with van der Waals surface area (Å²) in [5.41, 5.74) is -0.255. The smallest absolute Gasteiger partial charge is 0.323 e. The molecule has 4 nitrogen and oxygen atoms in total. The molecule has 1 N–H and O–H groups in total. The number of hydrogen-bond acceptors (Lipinski definition) is 2. The van der Waals surface area contributed by atoms with E-state index in [2.05, 4.69) is 15.9 Å². The van der Waals surface area contributed by atoms with Crippen LogP contribution in [0.3, 0.4) is 0 Å². The summed E-state index contributed by atoms with van der Waals surface area (Å²) < 4.78 is 14.0. The van der Waals surface area contributed by atoms with Gasteiger partial charge in [0.25, 0.3) is 5.91 Å². The van der Waals surface area contributed by atoms with Crippen molar-refractivity contribution in [2.24, 2.45) is 0 Å². The Balaban J connectivity index is 3.20. The lowest BCUT2D eigenvalue weighted by atomic mass is 10.1. The third-order valence-electron chi connectivity index (χ3n) is 2.41. The Morgan fingerprint density at radius 2 is 2.05 bits per heavy atom. The number of carboxylic acids is 1. The molecule has 19 heavy (non-hydrogen) atoms. The third kappa shape index (κ3) is 3.91. The van der Waals surface area contributed by atoms with Gasteiger partial charge < -0.3 is 10.0 Å². The molecule has 0 fully saturated rings. The minimum Gasteiger partial charge on any atom is -0.480 e. The van der Waals surface area contributed by atoms with Crippen LogP contribution in [0.5, 0.6) is 0 Å². The lowest BCUT2D eigenvalue weighted by molar-refractivity contribution is -0.138. The predicted molar refractivity (Wildman–Crippen MR) is 72.9 cm³/mol. The van der Waals surface area contributed by atoms with Gasteiger partial charge in [0.2, 0.25) is 0 Å². The molecule has 0 aromatic heterocycles. The second-order valence-corrected chi connectivity index (χ2v) is 5.46. The molecule has 0 saturated carbocycles. The molecule has 7 heteroatoms. The van der Waals surface area contributed by atoms with E-state index in [1.165, 1.54) is 12.1 Å². The predicted octanol–water partition coefficient (Wildman–Crippen LogP) is 3.18. The van der Waals surface area contributed by atoms with Crippen LogP contribution < -0.4 is 0 Å². The molecule has 0 unspecified atom stereocenters. The topological polar surface area (TPSA) is 57.6 Å². The van der Waals surface area contributed by atoms with Crippen LogP contribution in [0, 0.1) is 5.82 Å². The molecular formula is C12H12BrClFNO3. The van der Waals surface area contributed by atoms with Crippen LogP contribution in [0.25, 0.3) is 0 Å². The summed E-state index contributed by atoms with van der Waals surface area (Å²) in [6.45, 7) is 2.80. The summed E-state index contributed by atoms with van der Waals surface area (Å²) in [6, 6.07) is 2.13. The summed E-state index contributed by atoms with van der Waals surface area (Å²) in [7, 11) is 0. The fourth-order valence-electron chi connectivity index (χ4n) is 1.50. The molecule has 0 heterocycles. The van der Waals surface area contributed by atoms with Crippen molar-refractivity contribution in [2.45, 2.75) is 19.9 Å². The van der Waals surface area contributed by atoms with Crippen LogP contribution >= 0.6 is 27.5 Å². The zero-order valence-electron chi connectivity index (χ0n) is 10.3. The number of benzene rings is 1.